The highest BCUT2D eigenvalue weighted by molar-refractivity contribution is 6.05. The number of anilines is 3. The van der Waals surface area contributed by atoms with Crippen molar-refractivity contribution in [3.05, 3.63) is 233 Å². The Balaban J connectivity index is 1.10. The normalized spacial score (nSPS) is 15.7. The third-order valence-corrected chi connectivity index (χ3v) is 14.7. The first-order chi connectivity index (χ1) is 29.8. The molecule has 1 aliphatic heterocycles. The molecule has 2 heteroatoms. The summed E-state index contributed by atoms with van der Waals surface area (Å²) < 4.78 is 6.77. The summed E-state index contributed by atoms with van der Waals surface area (Å²) in [6.45, 7) is 9.51. The highest BCUT2D eigenvalue weighted by atomic mass is 16.5. The first kappa shape index (κ1) is 34.7. The molecule has 1 spiro atoms. The summed E-state index contributed by atoms with van der Waals surface area (Å²) in [6.07, 6.45) is 0. The van der Waals surface area contributed by atoms with Crippen LogP contribution in [0.15, 0.2) is 188 Å². The molecule has 0 saturated heterocycles. The molecule has 0 saturated carbocycles. The average Bonchev–Trinajstić information content (AvgIpc) is 3.81. The zero-order chi connectivity index (χ0) is 40.8. The molecular weight excluding hydrogens is 739 g/mol. The van der Waals surface area contributed by atoms with Gasteiger partial charge in [-0.05, 0) is 126 Å². The van der Waals surface area contributed by atoms with E-state index in [0.717, 1.165) is 28.6 Å². The maximum atomic E-state index is 6.77. The smallest absolute Gasteiger partial charge is 0.132 e. The van der Waals surface area contributed by atoms with E-state index in [4.69, 9.17) is 4.74 Å². The monoisotopic (exact) mass is 781 g/mol. The molecule has 1 heterocycles. The lowest BCUT2D eigenvalue weighted by molar-refractivity contribution is 0.436. The molecule has 3 aliphatic carbocycles. The van der Waals surface area contributed by atoms with Gasteiger partial charge in [-0.25, -0.2) is 0 Å². The highest BCUT2D eigenvalue weighted by Gasteiger charge is 2.52. The Morgan fingerprint density at radius 2 is 0.787 bits per heavy atom. The van der Waals surface area contributed by atoms with Crippen molar-refractivity contribution in [2.75, 3.05) is 4.90 Å². The van der Waals surface area contributed by atoms with E-state index in [2.05, 4.69) is 221 Å². The van der Waals surface area contributed by atoms with E-state index < -0.39 is 5.41 Å². The van der Waals surface area contributed by atoms with Crippen LogP contribution in [-0.4, -0.2) is 0 Å². The molecule has 0 fully saturated rings. The number of hydrogen-bond acceptors (Lipinski definition) is 2. The molecule has 0 unspecified atom stereocenters. The standard InChI is InChI=1S/C59H43NO/c1-57(2)46-19-9-7-17-41(46)43-29-26-37(33-51(43)57)60(38-27-30-44-42-18-8-10-20-47(42)58(3,4)52(44)34-38)39-28-31-45-53(35-39)59(50-32-25-36-15-5-6-16-40(36)56(45)50)48-21-11-13-23-54(48)61-55-24-14-12-22-49(55)59/h5-35H,1-4H3. The van der Waals surface area contributed by atoms with Gasteiger partial charge in [0.1, 0.15) is 11.5 Å². The van der Waals surface area contributed by atoms with E-state index in [0.29, 0.717) is 0 Å². The second-order valence-corrected chi connectivity index (χ2v) is 18.4. The number of benzene rings is 9. The Labute approximate surface area is 357 Å². The SMILES string of the molecule is CC1(C)c2ccccc2-c2ccc(N(c3ccc4c(c3)C(C)(C)c3ccccc3-4)c3ccc4c(c3)C3(c5ccccc5Oc5ccccc53)c3ccc5ccccc5c3-4)cc21. The van der Waals surface area contributed by atoms with Crippen LogP contribution in [0.25, 0.3) is 44.2 Å². The zero-order valence-corrected chi connectivity index (χ0v) is 34.8. The van der Waals surface area contributed by atoms with Gasteiger partial charge >= 0.3 is 0 Å². The van der Waals surface area contributed by atoms with E-state index in [-0.39, 0.29) is 10.8 Å². The Morgan fingerprint density at radius 1 is 0.344 bits per heavy atom. The van der Waals surface area contributed by atoms with Crippen molar-refractivity contribution in [1.82, 2.24) is 0 Å². The number of rotatable bonds is 3. The van der Waals surface area contributed by atoms with Crippen molar-refractivity contribution < 1.29 is 4.74 Å². The summed E-state index contributed by atoms with van der Waals surface area (Å²) in [5, 5.41) is 2.51. The number of ether oxygens (including phenoxy) is 1. The van der Waals surface area contributed by atoms with Gasteiger partial charge in [0.15, 0.2) is 0 Å². The molecule has 4 aliphatic rings. The van der Waals surface area contributed by atoms with Crippen LogP contribution in [-0.2, 0) is 16.2 Å². The summed E-state index contributed by atoms with van der Waals surface area (Å²) in [6, 6.07) is 70.4. The van der Waals surface area contributed by atoms with Crippen molar-refractivity contribution in [3.63, 3.8) is 0 Å². The minimum atomic E-state index is -0.606. The molecule has 0 aromatic heterocycles. The van der Waals surface area contributed by atoms with Crippen LogP contribution in [0.2, 0.25) is 0 Å². The van der Waals surface area contributed by atoms with E-state index in [1.54, 1.807) is 0 Å². The minimum Gasteiger partial charge on any atom is -0.457 e. The van der Waals surface area contributed by atoms with Crippen LogP contribution in [0.3, 0.4) is 0 Å². The molecule has 0 radical (unpaired) electrons. The second kappa shape index (κ2) is 12.0. The molecule has 0 amide bonds. The van der Waals surface area contributed by atoms with Gasteiger partial charge in [-0.2, -0.15) is 0 Å². The summed E-state index contributed by atoms with van der Waals surface area (Å²) in [5.41, 5.74) is 20.8. The van der Waals surface area contributed by atoms with Crippen LogP contribution >= 0.6 is 0 Å². The molecule has 2 nitrogen and oxygen atoms in total. The lowest BCUT2D eigenvalue weighted by Crippen LogP contribution is -2.32. The highest BCUT2D eigenvalue weighted by Crippen LogP contribution is 2.64. The number of hydrogen-bond donors (Lipinski definition) is 0. The van der Waals surface area contributed by atoms with E-state index >= 15 is 0 Å². The average molecular weight is 782 g/mol. The predicted octanol–water partition coefficient (Wildman–Crippen LogP) is 15.4. The summed E-state index contributed by atoms with van der Waals surface area (Å²) in [5.74, 6) is 1.80. The van der Waals surface area contributed by atoms with Crippen LogP contribution in [0.1, 0.15) is 72.2 Å². The lowest BCUT2D eigenvalue weighted by atomic mass is 9.66. The summed E-state index contributed by atoms with van der Waals surface area (Å²) in [7, 11) is 0. The molecule has 0 bridgehead atoms. The topological polar surface area (TPSA) is 12.5 Å². The maximum absolute atomic E-state index is 6.77. The molecular formula is C59H43NO. The van der Waals surface area contributed by atoms with Crippen LogP contribution in [0.4, 0.5) is 17.1 Å². The van der Waals surface area contributed by atoms with Crippen LogP contribution in [0.5, 0.6) is 11.5 Å². The Hall–Kier alpha value is -7.16. The minimum absolute atomic E-state index is 0.143. The van der Waals surface area contributed by atoms with Crippen molar-refractivity contribution in [2.24, 2.45) is 0 Å². The van der Waals surface area contributed by atoms with Gasteiger partial charge in [0, 0.05) is 39.0 Å². The van der Waals surface area contributed by atoms with Crippen LogP contribution in [0, 0.1) is 0 Å². The molecule has 290 valence electrons. The molecule has 9 aromatic rings. The van der Waals surface area contributed by atoms with Gasteiger partial charge in [0.2, 0.25) is 0 Å². The van der Waals surface area contributed by atoms with Gasteiger partial charge in [-0.1, -0.05) is 167 Å². The zero-order valence-electron chi connectivity index (χ0n) is 34.8. The Kier molecular flexibility index (Phi) is 6.81. The molecule has 0 atom stereocenters. The number of nitrogens with zero attached hydrogens (tertiary/aromatic N) is 1. The van der Waals surface area contributed by atoms with E-state index in [9.17, 15) is 0 Å². The number of para-hydroxylation sites is 2. The quantitative estimate of drug-likeness (QED) is 0.177. The Morgan fingerprint density at radius 3 is 1.36 bits per heavy atom. The third-order valence-electron chi connectivity index (χ3n) is 14.7. The predicted molar refractivity (Wildman–Crippen MR) is 251 cm³/mol. The maximum Gasteiger partial charge on any atom is 0.132 e. The van der Waals surface area contributed by atoms with Gasteiger partial charge in [0.25, 0.3) is 0 Å². The first-order valence-corrected chi connectivity index (χ1v) is 21.6. The van der Waals surface area contributed by atoms with Crippen molar-refractivity contribution in [2.45, 2.75) is 43.9 Å². The first-order valence-electron chi connectivity index (χ1n) is 21.6. The fourth-order valence-corrected chi connectivity index (χ4v) is 11.9. The summed E-state index contributed by atoms with van der Waals surface area (Å²) in [4.78, 5) is 2.52. The Bertz CT molecular complexity index is 3210. The van der Waals surface area contributed by atoms with Gasteiger partial charge in [-0.15, -0.1) is 0 Å². The molecule has 0 N–H and O–H groups in total. The van der Waals surface area contributed by atoms with E-state index in [1.165, 1.54) is 88.7 Å². The van der Waals surface area contributed by atoms with Gasteiger partial charge in [0.05, 0.1) is 5.41 Å². The van der Waals surface area contributed by atoms with Crippen LogP contribution < -0.4 is 9.64 Å². The van der Waals surface area contributed by atoms with Crippen molar-refractivity contribution in [1.29, 1.82) is 0 Å². The van der Waals surface area contributed by atoms with E-state index in [1.807, 2.05) is 0 Å². The molecule has 61 heavy (non-hydrogen) atoms. The molecule has 9 aromatic carbocycles. The fourth-order valence-electron chi connectivity index (χ4n) is 11.9. The lowest BCUT2D eigenvalue weighted by Gasteiger charge is -2.39. The van der Waals surface area contributed by atoms with Gasteiger partial charge < -0.3 is 9.64 Å². The van der Waals surface area contributed by atoms with Crippen molar-refractivity contribution in [3.8, 4) is 44.9 Å². The van der Waals surface area contributed by atoms with Crippen molar-refractivity contribution >= 4 is 27.8 Å². The summed E-state index contributed by atoms with van der Waals surface area (Å²) >= 11 is 0. The number of fused-ring (bicyclic) bond motifs is 17. The molecule has 13 rings (SSSR count). The largest absolute Gasteiger partial charge is 0.457 e. The second-order valence-electron chi connectivity index (χ2n) is 18.4. The third kappa shape index (κ3) is 4.42. The fraction of sp³-hybridized carbons (Fsp3) is 0.119. The van der Waals surface area contributed by atoms with Gasteiger partial charge in [-0.3, -0.25) is 0 Å².